The molecule has 4 heteroatoms. The number of rotatable bonds is 4. The highest BCUT2D eigenvalue weighted by atomic mass is 19.1. The Morgan fingerprint density at radius 1 is 1.29 bits per heavy atom. The molecule has 1 heterocycles. The van der Waals surface area contributed by atoms with Crippen molar-refractivity contribution in [3.63, 3.8) is 0 Å². The van der Waals surface area contributed by atoms with E-state index < -0.39 is 0 Å². The van der Waals surface area contributed by atoms with Gasteiger partial charge in [0.15, 0.2) is 0 Å². The van der Waals surface area contributed by atoms with Crippen LogP contribution in [0.5, 0.6) is 0 Å². The summed E-state index contributed by atoms with van der Waals surface area (Å²) in [7, 11) is 0. The molecule has 1 amide bonds. The molecule has 1 aromatic carbocycles. The van der Waals surface area contributed by atoms with E-state index in [1.807, 2.05) is 0 Å². The highest BCUT2D eigenvalue weighted by Crippen LogP contribution is 2.38. The number of amides is 1. The third kappa shape index (κ3) is 2.84. The zero-order valence-corrected chi connectivity index (χ0v) is 12.3. The minimum atomic E-state index is -0.334. The van der Waals surface area contributed by atoms with Crippen LogP contribution in [0.2, 0.25) is 0 Å². The Labute approximate surface area is 123 Å². The smallest absolute Gasteiger partial charge is 0.251 e. The van der Waals surface area contributed by atoms with Crippen LogP contribution in [-0.4, -0.2) is 10.5 Å². The van der Waals surface area contributed by atoms with Gasteiger partial charge in [0.2, 0.25) is 0 Å². The number of hydrogen-bond donors (Lipinski definition) is 1. The van der Waals surface area contributed by atoms with Crippen molar-refractivity contribution < 1.29 is 9.18 Å². The summed E-state index contributed by atoms with van der Waals surface area (Å²) in [6.07, 6.45) is 2.50. The molecule has 110 valence electrons. The van der Waals surface area contributed by atoms with Crippen molar-refractivity contribution in [3.05, 3.63) is 58.7 Å². The predicted molar refractivity (Wildman–Crippen MR) is 79.7 cm³/mol. The number of benzene rings is 1. The van der Waals surface area contributed by atoms with Crippen LogP contribution in [0.3, 0.4) is 0 Å². The summed E-state index contributed by atoms with van der Waals surface area (Å²) in [6.45, 7) is 4.71. The van der Waals surface area contributed by atoms with E-state index in [1.54, 1.807) is 0 Å². The number of nitrogens with zero attached hydrogens (tertiary/aromatic N) is 1. The molecule has 0 saturated heterocycles. The van der Waals surface area contributed by atoms with Crippen LogP contribution >= 0.6 is 0 Å². The number of aryl methyl sites for hydroxylation is 1. The molecule has 0 spiro atoms. The molecule has 0 atom stereocenters. The molecule has 0 radical (unpaired) electrons. The highest BCUT2D eigenvalue weighted by Gasteiger charge is 2.26. The van der Waals surface area contributed by atoms with Gasteiger partial charge in [0.1, 0.15) is 5.82 Å². The Bertz CT molecular complexity index is 669. The van der Waals surface area contributed by atoms with Crippen molar-refractivity contribution in [1.29, 1.82) is 0 Å². The predicted octanol–water partition coefficient (Wildman–Crippen LogP) is 3.51. The molecule has 1 aromatic heterocycles. The van der Waals surface area contributed by atoms with Gasteiger partial charge < -0.3 is 9.88 Å². The third-order valence-electron chi connectivity index (χ3n) is 4.05. The second kappa shape index (κ2) is 5.35. The minimum absolute atomic E-state index is 0.175. The molecular formula is C17H19FN2O. The zero-order valence-electron chi connectivity index (χ0n) is 12.3. The molecule has 2 aromatic rings. The van der Waals surface area contributed by atoms with E-state index in [0.29, 0.717) is 18.2 Å². The standard InChI is InChI=1S/C17H19FN2O/c1-11-9-14(12(2)20(11)16-7-8-16)10-19-17(21)13-3-5-15(18)6-4-13/h3-6,9,16H,7-8,10H2,1-2H3,(H,19,21). The van der Waals surface area contributed by atoms with Gasteiger partial charge in [-0.25, -0.2) is 4.39 Å². The summed E-state index contributed by atoms with van der Waals surface area (Å²) < 4.78 is 15.2. The maximum Gasteiger partial charge on any atom is 0.251 e. The van der Waals surface area contributed by atoms with Crippen molar-refractivity contribution in [1.82, 2.24) is 9.88 Å². The molecule has 0 aliphatic heterocycles. The van der Waals surface area contributed by atoms with Gasteiger partial charge in [-0.3, -0.25) is 4.79 Å². The van der Waals surface area contributed by atoms with Crippen molar-refractivity contribution in [3.8, 4) is 0 Å². The first-order valence-corrected chi connectivity index (χ1v) is 7.27. The first-order valence-electron chi connectivity index (χ1n) is 7.27. The van der Waals surface area contributed by atoms with Gasteiger partial charge in [0.05, 0.1) is 0 Å². The highest BCUT2D eigenvalue weighted by molar-refractivity contribution is 5.94. The van der Waals surface area contributed by atoms with Crippen molar-refractivity contribution in [2.45, 2.75) is 39.3 Å². The lowest BCUT2D eigenvalue weighted by Gasteiger charge is -2.08. The van der Waals surface area contributed by atoms with E-state index in [0.717, 1.165) is 5.56 Å². The van der Waals surface area contributed by atoms with Crippen LogP contribution in [0.4, 0.5) is 4.39 Å². The van der Waals surface area contributed by atoms with Crippen LogP contribution in [0.1, 0.15) is 46.2 Å². The number of carbonyl (C=O) groups excluding carboxylic acids is 1. The molecular weight excluding hydrogens is 267 g/mol. The number of nitrogens with one attached hydrogen (secondary N) is 1. The second-order valence-electron chi connectivity index (χ2n) is 5.69. The van der Waals surface area contributed by atoms with Crippen molar-refractivity contribution >= 4 is 5.91 Å². The minimum Gasteiger partial charge on any atom is -0.348 e. The van der Waals surface area contributed by atoms with Gasteiger partial charge in [-0.05, 0) is 62.6 Å². The van der Waals surface area contributed by atoms with E-state index in [4.69, 9.17) is 0 Å². The molecule has 3 rings (SSSR count). The van der Waals surface area contributed by atoms with Crippen LogP contribution in [0.25, 0.3) is 0 Å². The van der Waals surface area contributed by atoms with E-state index in [-0.39, 0.29) is 11.7 Å². The van der Waals surface area contributed by atoms with Crippen LogP contribution < -0.4 is 5.32 Å². The number of carbonyl (C=O) groups is 1. The number of hydrogen-bond acceptors (Lipinski definition) is 1. The second-order valence-corrected chi connectivity index (χ2v) is 5.69. The lowest BCUT2D eigenvalue weighted by molar-refractivity contribution is 0.0951. The molecule has 1 fully saturated rings. The Kier molecular flexibility index (Phi) is 3.53. The lowest BCUT2D eigenvalue weighted by atomic mass is 10.2. The maximum atomic E-state index is 12.8. The zero-order chi connectivity index (χ0) is 15.0. The van der Waals surface area contributed by atoms with Crippen LogP contribution in [0, 0.1) is 19.7 Å². The summed E-state index contributed by atoms with van der Waals surface area (Å²) >= 11 is 0. The van der Waals surface area contributed by atoms with Crippen LogP contribution in [0.15, 0.2) is 30.3 Å². The fourth-order valence-electron chi connectivity index (χ4n) is 2.80. The average Bonchev–Trinajstić information content (AvgIpc) is 3.24. The molecule has 1 aliphatic rings. The van der Waals surface area contributed by atoms with Gasteiger partial charge in [-0.15, -0.1) is 0 Å². The Morgan fingerprint density at radius 2 is 1.95 bits per heavy atom. The SMILES string of the molecule is Cc1cc(CNC(=O)c2ccc(F)cc2)c(C)n1C1CC1. The average molecular weight is 286 g/mol. The van der Waals surface area contributed by atoms with E-state index >= 15 is 0 Å². The summed E-state index contributed by atoms with van der Waals surface area (Å²) in [6, 6.07) is 8.38. The quantitative estimate of drug-likeness (QED) is 0.917. The van der Waals surface area contributed by atoms with Crippen molar-refractivity contribution in [2.24, 2.45) is 0 Å². The topological polar surface area (TPSA) is 34.0 Å². The lowest BCUT2D eigenvalue weighted by Crippen LogP contribution is -2.23. The summed E-state index contributed by atoms with van der Waals surface area (Å²) in [5.41, 5.74) is 4.11. The Hall–Kier alpha value is -2.10. The molecule has 0 unspecified atom stereocenters. The van der Waals surface area contributed by atoms with Crippen molar-refractivity contribution in [2.75, 3.05) is 0 Å². The summed E-state index contributed by atoms with van der Waals surface area (Å²) in [5.74, 6) is -0.509. The van der Waals surface area contributed by atoms with Gasteiger partial charge in [-0.2, -0.15) is 0 Å². The van der Waals surface area contributed by atoms with Gasteiger partial charge in [-0.1, -0.05) is 0 Å². The largest absolute Gasteiger partial charge is 0.348 e. The Morgan fingerprint density at radius 3 is 2.57 bits per heavy atom. The van der Waals surface area contributed by atoms with Gasteiger partial charge in [0, 0.05) is 29.5 Å². The normalized spacial score (nSPS) is 14.2. The van der Waals surface area contributed by atoms with Gasteiger partial charge in [0.25, 0.3) is 5.91 Å². The first-order chi connectivity index (χ1) is 10.1. The molecule has 21 heavy (non-hydrogen) atoms. The van der Waals surface area contributed by atoms with Gasteiger partial charge >= 0.3 is 0 Å². The molecule has 1 aliphatic carbocycles. The van der Waals surface area contributed by atoms with E-state index in [9.17, 15) is 9.18 Å². The molecule has 0 bridgehead atoms. The van der Waals surface area contributed by atoms with Crippen LogP contribution in [-0.2, 0) is 6.54 Å². The Balaban J connectivity index is 1.69. The maximum absolute atomic E-state index is 12.8. The monoisotopic (exact) mass is 286 g/mol. The number of aromatic nitrogens is 1. The molecule has 3 nitrogen and oxygen atoms in total. The summed E-state index contributed by atoms with van der Waals surface area (Å²) in [4.78, 5) is 12.0. The third-order valence-corrected chi connectivity index (χ3v) is 4.05. The molecule has 1 N–H and O–H groups in total. The first kappa shape index (κ1) is 13.9. The fourth-order valence-corrected chi connectivity index (χ4v) is 2.80. The fraction of sp³-hybridized carbons (Fsp3) is 0.353. The molecule has 1 saturated carbocycles. The summed E-state index contributed by atoms with van der Waals surface area (Å²) in [5, 5.41) is 2.90. The van der Waals surface area contributed by atoms with E-state index in [1.165, 1.54) is 48.5 Å². The van der Waals surface area contributed by atoms with E-state index in [2.05, 4.69) is 29.8 Å². The number of halogens is 1.